The van der Waals surface area contributed by atoms with E-state index in [0.29, 0.717) is 35.8 Å². The molecular weight excluding hydrogens is 468 g/mol. The molecule has 0 bridgehead atoms. The molecule has 1 heterocycles. The molecule has 1 N–H and O–H groups in total. The van der Waals surface area contributed by atoms with Crippen LogP contribution in [0.15, 0.2) is 51.8 Å². The third-order valence-electron chi connectivity index (χ3n) is 4.64. The van der Waals surface area contributed by atoms with Crippen LogP contribution in [0.5, 0.6) is 5.75 Å². The van der Waals surface area contributed by atoms with Crippen LogP contribution in [0, 0.1) is 5.92 Å². The number of methoxy groups -OCH3 is 1. The molecule has 2 aromatic carbocycles. The van der Waals surface area contributed by atoms with Crippen LogP contribution in [0.1, 0.15) is 12.8 Å². The fraction of sp³-hybridized carbons (Fsp3) is 0.316. The Morgan fingerprint density at radius 2 is 1.96 bits per heavy atom. The summed E-state index contributed by atoms with van der Waals surface area (Å²) < 4.78 is 33.1. The van der Waals surface area contributed by atoms with Crippen LogP contribution < -0.4 is 10.1 Å². The first-order valence-corrected chi connectivity index (χ1v) is 11.3. The largest absolute Gasteiger partial charge is 0.497 e. The number of carbonyl (C=O) groups is 1. The second-order valence-corrected chi connectivity index (χ2v) is 9.75. The molecule has 150 valence electrons. The predicted molar refractivity (Wildman–Crippen MR) is 112 cm³/mol. The average Bonchev–Trinajstić information content (AvgIpc) is 2.70. The minimum atomic E-state index is -3.67. The summed E-state index contributed by atoms with van der Waals surface area (Å²) in [7, 11) is -2.15. The molecule has 1 amide bonds. The predicted octanol–water partition coefficient (Wildman–Crippen LogP) is 4.15. The molecule has 1 saturated heterocycles. The molecule has 1 aliphatic heterocycles. The normalized spacial score (nSPS) is 17.9. The van der Waals surface area contributed by atoms with Crippen LogP contribution >= 0.6 is 27.5 Å². The molecule has 0 aliphatic carbocycles. The number of sulfonamides is 1. The third kappa shape index (κ3) is 4.68. The first kappa shape index (κ1) is 21.1. The van der Waals surface area contributed by atoms with Gasteiger partial charge in [-0.3, -0.25) is 4.79 Å². The number of benzene rings is 2. The lowest BCUT2D eigenvalue weighted by atomic mass is 9.99. The summed E-state index contributed by atoms with van der Waals surface area (Å²) in [5.74, 6) is -0.0958. The Balaban J connectivity index is 1.72. The van der Waals surface area contributed by atoms with E-state index in [0.717, 1.165) is 4.47 Å². The number of ether oxygens (including phenoxy) is 1. The summed E-state index contributed by atoms with van der Waals surface area (Å²) in [6.45, 7) is 0.519. The van der Waals surface area contributed by atoms with Gasteiger partial charge in [-0.1, -0.05) is 27.5 Å². The summed E-state index contributed by atoms with van der Waals surface area (Å²) >= 11 is 9.48. The lowest BCUT2D eigenvalue weighted by molar-refractivity contribution is -0.120. The van der Waals surface area contributed by atoms with Crippen molar-refractivity contribution in [2.24, 2.45) is 5.92 Å². The van der Waals surface area contributed by atoms with E-state index in [1.807, 2.05) is 0 Å². The number of halogens is 2. The summed E-state index contributed by atoms with van der Waals surface area (Å²) in [6, 6.07) is 11.4. The summed E-state index contributed by atoms with van der Waals surface area (Å²) in [6.07, 6.45) is 1.23. The Morgan fingerprint density at radius 1 is 1.25 bits per heavy atom. The zero-order valence-electron chi connectivity index (χ0n) is 15.2. The van der Waals surface area contributed by atoms with Gasteiger partial charge in [-0.05, 0) is 55.3 Å². The second-order valence-electron chi connectivity index (χ2n) is 6.49. The lowest BCUT2D eigenvalue weighted by Crippen LogP contribution is -2.43. The number of rotatable bonds is 5. The highest BCUT2D eigenvalue weighted by Crippen LogP contribution is 2.29. The van der Waals surface area contributed by atoms with E-state index in [-0.39, 0.29) is 17.3 Å². The van der Waals surface area contributed by atoms with Gasteiger partial charge in [-0.25, -0.2) is 8.42 Å². The highest BCUT2D eigenvalue weighted by Gasteiger charge is 2.33. The van der Waals surface area contributed by atoms with Crippen molar-refractivity contribution in [3.8, 4) is 5.75 Å². The molecule has 1 fully saturated rings. The van der Waals surface area contributed by atoms with E-state index < -0.39 is 15.9 Å². The summed E-state index contributed by atoms with van der Waals surface area (Å²) in [4.78, 5) is 12.9. The Hall–Kier alpha value is -1.61. The van der Waals surface area contributed by atoms with Crippen LogP contribution in [0.3, 0.4) is 0 Å². The number of nitrogens with one attached hydrogen (secondary N) is 1. The summed E-state index contributed by atoms with van der Waals surface area (Å²) in [5, 5.41) is 3.22. The monoisotopic (exact) mass is 486 g/mol. The van der Waals surface area contributed by atoms with Gasteiger partial charge in [0.2, 0.25) is 15.9 Å². The van der Waals surface area contributed by atoms with Crippen molar-refractivity contribution in [1.29, 1.82) is 0 Å². The standard InChI is InChI=1S/C19H20BrClN2O4S/c1-27-15-5-7-16(8-6-15)28(25,26)23-10-2-3-13(12-23)19(24)22-18-9-4-14(20)11-17(18)21/h4-9,11,13H,2-3,10,12H2,1H3,(H,22,24). The first-order chi connectivity index (χ1) is 13.3. The Morgan fingerprint density at radius 3 is 2.61 bits per heavy atom. The zero-order chi connectivity index (χ0) is 20.3. The topological polar surface area (TPSA) is 75.7 Å². The van der Waals surface area contributed by atoms with Crippen LogP contribution in [-0.4, -0.2) is 38.8 Å². The number of carbonyl (C=O) groups excluding carboxylic acids is 1. The molecule has 9 heteroatoms. The highest BCUT2D eigenvalue weighted by atomic mass is 79.9. The van der Waals surface area contributed by atoms with Gasteiger partial charge in [0.15, 0.2) is 0 Å². The number of piperidine rings is 1. The van der Waals surface area contributed by atoms with E-state index >= 15 is 0 Å². The Labute approximate surface area is 178 Å². The third-order valence-corrected chi connectivity index (χ3v) is 7.33. The van der Waals surface area contributed by atoms with E-state index in [4.69, 9.17) is 16.3 Å². The average molecular weight is 488 g/mol. The molecule has 0 saturated carbocycles. The molecule has 1 aliphatic rings. The lowest BCUT2D eigenvalue weighted by Gasteiger charge is -2.31. The van der Waals surface area contributed by atoms with Gasteiger partial charge in [0, 0.05) is 17.6 Å². The van der Waals surface area contributed by atoms with E-state index in [9.17, 15) is 13.2 Å². The van der Waals surface area contributed by atoms with Gasteiger partial charge < -0.3 is 10.1 Å². The van der Waals surface area contributed by atoms with Crippen molar-refractivity contribution in [1.82, 2.24) is 4.31 Å². The minimum Gasteiger partial charge on any atom is -0.497 e. The van der Waals surface area contributed by atoms with Gasteiger partial charge in [0.1, 0.15) is 5.75 Å². The molecule has 0 aromatic heterocycles. The molecule has 1 atom stereocenters. The zero-order valence-corrected chi connectivity index (χ0v) is 18.4. The van der Waals surface area contributed by atoms with E-state index in [1.165, 1.54) is 23.5 Å². The SMILES string of the molecule is COc1ccc(S(=O)(=O)N2CCCC(C(=O)Nc3ccc(Br)cc3Cl)C2)cc1. The molecule has 0 spiro atoms. The maximum atomic E-state index is 12.9. The van der Waals surface area contributed by atoms with Crippen molar-refractivity contribution in [3.63, 3.8) is 0 Å². The maximum absolute atomic E-state index is 12.9. The Bertz CT molecular complexity index is 966. The number of anilines is 1. The molecular formula is C19H20BrClN2O4S. The minimum absolute atomic E-state index is 0.133. The van der Waals surface area contributed by atoms with Crippen LogP contribution in [-0.2, 0) is 14.8 Å². The fourth-order valence-electron chi connectivity index (χ4n) is 3.10. The summed E-state index contributed by atoms with van der Waals surface area (Å²) in [5.41, 5.74) is 0.505. The van der Waals surface area contributed by atoms with Gasteiger partial charge in [-0.15, -0.1) is 0 Å². The molecule has 28 heavy (non-hydrogen) atoms. The van der Waals surface area contributed by atoms with Crippen molar-refractivity contribution in [2.75, 3.05) is 25.5 Å². The number of hydrogen-bond acceptors (Lipinski definition) is 4. The first-order valence-electron chi connectivity index (χ1n) is 8.71. The number of amides is 1. The van der Waals surface area contributed by atoms with Crippen molar-refractivity contribution in [2.45, 2.75) is 17.7 Å². The van der Waals surface area contributed by atoms with Gasteiger partial charge in [-0.2, -0.15) is 4.31 Å². The van der Waals surface area contributed by atoms with Gasteiger partial charge in [0.05, 0.1) is 28.6 Å². The molecule has 6 nitrogen and oxygen atoms in total. The van der Waals surface area contributed by atoms with Crippen molar-refractivity contribution >= 4 is 49.1 Å². The van der Waals surface area contributed by atoms with Crippen molar-refractivity contribution in [3.05, 3.63) is 52.0 Å². The fourth-order valence-corrected chi connectivity index (χ4v) is 5.34. The van der Waals surface area contributed by atoms with Crippen LogP contribution in [0.2, 0.25) is 5.02 Å². The van der Waals surface area contributed by atoms with Crippen molar-refractivity contribution < 1.29 is 17.9 Å². The quantitative estimate of drug-likeness (QED) is 0.687. The number of hydrogen-bond donors (Lipinski definition) is 1. The molecule has 0 radical (unpaired) electrons. The second kappa shape index (κ2) is 8.82. The van der Waals surface area contributed by atoms with Crippen LogP contribution in [0.25, 0.3) is 0 Å². The van der Waals surface area contributed by atoms with Crippen LogP contribution in [0.4, 0.5) is 5.69 Å². The molecule has 3 rings (SSSR count). The molecule has 2 aromatic rings. The Kier molecular flexibility index (Phi) is 6.65. The smallest absolute Gasteiger partial charge is 0.243 e. The highest BCUT2D eigenvalue weighted by molar-refractivity contribution is 9.10. The van der Waals surface area contributed by atoms with E-state index in [2.05, 4.69) is 21.2 Å². The number of nitrogens with zero attached hydrogens (tertiary/aromatic N) is 1. The van der Waals surface area contributed by atoms with Gasteiger partial charge >= 0.3 is 0 Å². The molecule has 1 unspecified atom stereocenters. The van der Waals surface area contributed by atoms with Gasteiger partial charge in [0.25, 0.3) is 0 Å². The van der Waals surface area contributed by atoms with E-state index in [1.54, 1.807) is 30.3 Å². The maximum Gasteiger partial charge on any atom is 0.243 e.